The van der Waals surface area contributed by atoms with Gasteiger partial charge in [-0.2, -0.15) is 0 Å². The molecule has 0 spiro atoms. The smallest absolute Gasteiger partial charge is 0.496 e. The predicted octanol–water partition coefficient (Wildman–Crippen LogP) is 3.86. The van der Waals surface area contributed by atoms with Crippen molar-refractivity contribution >= 4 is 18.6 Å². The van der Waals surface area contributed by atoms with Crippen molar-refractivity contribution < 1.29 is 32.4 Å². The van der Waals surface area contributed by atoms with Crippen molar-refractivity contribution in [2.45, 2.75) is 71.7 Å². The van der Waals surface area contributed by atoms with Crippen LogP contribution >= 0.6 is 0 Å². The van der Waals surface area contributed by atoms with Crippen LogP contribution in [0.3, 0.4) is 0 Å². The van der Waals surface area contributed by atoms with Gasteiger partial charge in [0.05, 0.1) is 18.8 Å². The molecule has 0 amide bonds. The van der Waals surface area contributed by atoms with Crippen LogP contribution in [-0.4, -0.2) is 37.5 Å². The molecule has 3 aliphatic carbocycles. The van der Waals surface area contributed by atoms with Gasteiger partial charge in [-0.15, -0.1) is 0 Å². The Morgan fingerprint density at radius 3 is 2.47 bits per heavy atom. The minimum Gasteiger partial charge on any atom is -0.496 e. The van der Waals surface area contributed by atoms with Crippen LogP contribution in [0.1, 0.15) is 64.7 Å². The Kier molecular flexibility index (Phi) is 4.79. The van der Waals surface area contributed by atoms with Gasteiger partial charge in [0.2, 0.25) is 0 Å². The van der Waals surface area contributed by atoms with Gasteiger partial charge in [0.25, 0.3) is 0 Å². The second-order valence-corrected chi connectivity index (χ2v) is 10.5. The summed E-state index contributed by atoms with van der Waals surface area (Å²) in [6, 6.07) is 0.989. The topological polar surface area (TPSA) is 54.0 Å². The van der Waals surface area contributed by atoms with Crippen LogP contribution in [0.2, 0.25) is 0 Å². The summed E-state index contributed by atoms with van der Waals surface area (Å²) in [4.78, 5) is 12.6. The highest BCUT2D eigenvalue weighted by atomic mass is 19.2. The number of hydrogen-bond donors (Lipinski definition) is 0. The number of rotatable bonds is 3. The third kappa shape index (κ3) is 3.06. The van der Waals surface area contributed by atoms with Crippen molar-refractivity contribution in [2.75, 3.05) is 7.11 Å². The van der Waals surface area contributed by atoms with E-state index < -0.39 is 41.5 Å². The summed E-state index contributed by atoms with van der Waals surface area (Å²) in [7, 11) is 0.342. The highest BCUT2D eigenvalue weighted by molar-refractivity contribution is 6.63. The van der Waals surface area contributed by atoms with Gasteiger partial charge in [-0.1, -0.05) is 13.8 Å². The summed E-state index contributed by atoms with van der Waals surface area (Å²) in [5.74, 6) is -2.75. The van der Waals surface area contributed by atoms with E-state index >= 15 is 0 Å². The number of halogens is 2. The van der Waals surface area contributed by atoms with E-state index in [-0.39, 0.29) is 22.7 Å². The fraction of sp³-hybridized carbons (Fsp3) is 0.682. The fourth-order valence-electron chi connectivity index (χ4n) is 5.53. The van der Waals surface area contributed by atoms with E-state index in [0.29, 0.717) is 11.8 Å². The Hall–Kier alpha value is -1.67. The summed E-state index contributed by atoms with van der Waals surface area (Å²) in [6.07, 6.45) is 1.76. The van der Waals surface area contributed by atoms with Crippen LogP contribution in [0.4, 0.5) is 8.78 Å². The largest absolute Gasteiger partial charge is 0.498 e. The summed E-state index contributed by atoms with van der Waals surface area (Å²) < 4.78 is 52.3. The first-order chi connectivity index (χ1) is 13.8. The molecule has 0 N–H and O–H groups in total. The third-order valence-corrected chi connectivity index (χ3v) is 7.21. The predicted molar refractivity (Wildman–Crippen MR) is 108 cm³/mol. The molecule has 1 saturated heterocycles. The van der Waals surface area contributed by atoms with E-state index in [9.17, 15) is 13.6 Å². The normalized spacial score (nSPS) is 31.8. The molecule has 4 atom stereocenters. The molecule has 1 aromatic rings. The van der Waals surface area contributed by atoms with Crippen molar-refractivity contribution in [3.8, 4) is 5.75 Å². The van der Waals surface area contributed by atoms with E-state index in [1.165, 1.54) is 7.11 Å². The molecule has 1 unspecified atom stereocenters. The van der Waals surface area contributed by atoms with Crippen LogP contribution in [0, 0.1) is 28.9 Å². The van der Waals surface area contributed by atoms with E-state index in [2.05, 4.69) is 13.8 Å². The first kappa shape index (κ1) is 21.6. The zero-order valence-corrected chi connectivity index (χ0v) is 18.6. The monoisotopic (exact) mass is 422 g/mol. The van der Waals surface area contributed by atoms with E-state index in [4.69, 9.17) is 18.8 Å². The molecule has 2 bridgehead atoms. The summed E-state index contributed by atoms with van der Waals surface area (Å²) >= 11 is 0. The number of esters is 1. The summed E-state index contributed by atoms with van der Waals surface area (Å²) in [6.45, 7) is 11.5. The van der Waals surface area contributed by atoms with Crippen LogP contribution in [-0.2, 0) is 14.0 Å². The van der Waals surface area contributed by atoms with Crippen molar-refractivity contribution in [2.24, 2.45) is 17.3 Å². The number of carbonyl (C=O) groups excluding carboxylic acids is 1. The summed E-state index contributed by atoms with van der Waals surface area (Å²) in [5, 5.41) is 0. The minimum atomic E-state index is -1.31. The molecular weight excluding hydrogens is 393 g/mol. The van der Waals surface area contributed by atoms with E-state index in [0.717, 1.165) is 18.9 Å². The lowest BCUT2D eigenvalue weighted by molar-refractivity contribution is -0.199. The van der Waals surface area contributed by atoms with Gasteiger partial charge < -0.3 is 18.8 Å². The molecule has 0 radical (unpaired) electrons. The average Bonchev–Trinajstić information content (AvgIpc) is 2.98. The first-order valence-electron chi connectivity index (χ1n) is 10.4. The molecule has 4 fully saturated rings. The molecule has 30 heavy (non-hydrogen) atoms. The van der Waals surface area contributed by atoms with E-state index in [1.54, 1.807) is 20.8 Å². The molecule has 1 heterocycles. The molecule has 1 aromatic carbocycles. The fourth-order valence-corrected chi connectivity index (χ4v) is 5.53. The SMILES string of the molecule is COc1c(B2OC3C[C@@H]4C[C@@H](C4(C)C)[C@]3(C)O2)cc(F)c(F)c1C(=O)OC(C)(C)C. The van der Waals surface area contributed by atoms with Crippen molar-refractivity contribution in [1.82, 2.24) is 0 Å². The Morgan fingerprint density at radius 2 is 1.90 bits per heavy atom. The average molecular weight is 422 g/mol. The highest BCUT2D eigenvalue weighted by Crippen LogP contribution is 2.65. The lowest BCUT2D eigenvalue weighted by atomic mass is 9.43. The van der Waals surface area contributed by atoms with Crippen LogP contribution in [0.25, 0.3) is 0 Å². The van der Waals surface area contributed by atoms with Crippen LogP contribution in [0.5, 0.6) is 5.75 Å². The number of ether oxygens (including phenoxy) is 2. The third-order valence-electron chi connectivity index (χ3n) is 7.21. The molecular formula is C22H29BF2O5. The Balaban J connectivity index is 1.73. The molecule has 3 saturated carbocycles. The van der Waals surface area contributed by atoms with Crippen LogP contribution < -0.4 is 10.2 Å². The molecule has 164 valence electrons. The van der Waals surface area contributed by atoms with Gasteiger partial charge in [0, 0.05) is 5.46 Å². The Bertz CT molecular complexity index is 896. The highest BCUT2D eigenvalue weighted by Gasteiger charge is 2.68. The van der Waals surface area contributed by atoms with Gasteiger partial charge in [0.15, 0.2) is 11.6 Å². The lowest BCUT2D eigenvalue weighted by Gasteiger charge is -2.64. The second kappa shape index (κ2) is 6.66. The van der Waals surface area contributed by atoms with Crippen molar-refractivity contribution in [1.29, 1.82) is 0 Å². The van der Waals surface area contributed by atoms with Gasteiger partial charge in [-0.25, -0.2) is 13.6 Å². The number of hydrogen-bond acceptors (Lipinski definition) is 5. The lowest BCUT2D eigenvalue weighted by Crippen LogP contribution is -2.65. The molecule has 4 aliphatic rings. The van der Waals surface area contributed by atoms with E-state index in [1.807, 2.05) is 6.92 Å². The first-order valence-corrected chi connectivity index (χ1v) is 10.4. The molecule has 5 nitrogen and oxygen atoms in total. The zero-order valence-electron chi connectivity index (χ0n) is 18.6. The molecule has 5 rings (SSSR count). The quantitative estimate of drug-likeness (QED) is 0.547. The molecule has 0 aromatic heterocycles. The summed E-state index contributed by atoms with van der Waals surface area (Å²) in [5.41, 5.74) is -1.70. The van der Waals surface area contributed by atoms with Gasteiger partial charge in [-0.3, -0.25) is 0 Å². The number of carbonyl (C=O) groups is 1. The van der Waals surface area contributed by atoms with Gasteiger partial charge in [0.1, 0.15) is 16.9 Å². The second-order valence-electron chi connectivity index (χ2n) is 10.5. The molecule has 8 heteroatoms. The van der Waals surface area contributed by atoms with Crippen molar-refractivity contribution in [3.63, 3.8) is 0 Å². The minimum absolute atomic E-state index is 0.123. The maximum absolute atomic E-state index is 14.6. The van der Waals surface area contributed by atoms with Gasteiger partial charge in [-0.05, 0) is 63.9 Å². The maximum atomic E-state index is 14.6. The van der Waals surface area contributed by atoms with Crippen molar-refractivity contribution in [3.05, 3.63) is 23.3 Å². The number of methoxy groups -OCH3 is 1. The van der Waals surface area contributed by atoms with Gasteiger partial charge >= 0.3 is 13.1 Å². The Morgan fingerprint density at radius 1 is 1.23 bits per heavy atom. The van der Waals surface area contributed by atoms with Crippen LogP contribution in [0.15, 0.2) is 6.07 Å². The Labute approximate surface area is 176 Å². The zero-order chi connectivity index (χ0) is 22.2. The maximum Gasteiger partial charge on any atom is 0.498 e. The standard InChI is InChI=1S/C22H29BF2O5/c1-20(2,3)28-19(26)16-17(25)13(24)10-12(18(16)27-7)23-29-15-9-11-8-14(21(11,4)5)22(15,6)30-23/h10-11,14-15H,8-9H2,1-7H3/t11-,14-,15?,22-/m0/s1. The molecule has 1 aliphatic heterocycles. The number of benzene rings is 1.